The van der Waals surface area contributed by atoms with Crippen molar-refractivity contribution in [2.75, 3.05) is 19.7 Å². The Morgan fingerprint density at radius 2 is 1.95 bits per heavy atom. The van der Waals surface area contributed by atoms with E-state index in [0.29, 0.717) is 12.0 Å². The fraction of sp³-hybridized carbons (Fsp3) is 1.00. The summed E-state index contributed by atoms with van der Waals surface area (Å²) >= 11 is 0. The zero-order valence-corrected chi connectivity index (χ0v) is 13.6. The van der Waals surface area contributed by atoms with E-state index in [-0.39, 0.29) is 12.1 Å². The summed E-state index contributed by atoms with van der Waals surface area (Å²) in [6.45, 7) is 13.6. The molecule has 1 saturated carbocycles. The molecule has 0 spiro atoms. The van der Waals surface area contributed by atoms with Crippen LogP contribution in [0.1, 0.15) is 60.3 Å². The first-order chi connectivity index (χ1) is 8.91. The molecule has 0 amide bonds. The lowest BCUT2D eigenvalue weighted by Gasteiger charge is -2.38. The van der Waals surface area contributed by atoms with E-state index in [2.05, 4.69) is 44.8 Å². The maximum Gasteiger partial charge on any atom is 0.0611 e. The van der Waals surface area contributed by atoms with Crippen LogP contribution in [0.3, 0.4) is 0 Å². The minimum atomic E-state index is -0.139. The van der Waals surface area contributed by atoms with E-state index in [4.69, 9.17) is 0 Å². The van der Waals surface area contributed by atoms with E-state index in [1.54, 1.807) is 0 Å². The van der Waals surface area contributed by atoms with Gasteiger partial charge in [-0.15, -0.1) is 0 Å². The normalized spacial score (nSPS) is 20.8. The molecule has 0 saturated heterocycles. The largest absolute Gasteiger partial charge is 0.394 e. The van der Waals surface area contributed by atoms with Gasteiger partial charge in [0.05, 0.1) is 6.61 Å². The third-order valence-electron chi connectivity index (χ3n) is 4.05. The molecule has 0 aromatic rings. The standard InChI is InChI=1S/C16H34N2O/c1-6-9-17-16(5,12-19)10-14(4)18(11-13(2)3)15-7-8-15/h13-15,17,19H,6-12H2,1-5H3. The Hall–Kier alpha value is -0.120. The Morgan fingerprint density at radius 1 is 1.32 bits per heavy atom. The Labute approximate surface area is 119 Å². The van der Waals surface area contributed by atoms with E-state index >= 15 is 0 Å². The van der Waals surface area contributed by atoms with Crippen LogP contribution in [0, 0.1) is 5.92 Å². The molecule has 19 heavy (non-hydrogen) atoms. The van der Waals surface area contributed by atoms with Crippen molar-refractivity contribution in [1.82, 2.24) is 10.2 Å². The average Bonchev–Trinajstić information content (AvgIpc) is 3.17. The van der Waals surface area contributed by atoms with Crippen molar-refractivity contribution >= 4 is 0 Å². The summed E-state index contributed by atoms with van der Waals surface area (Å²) in [4.78, 5) is 2.66. The molecular weight excluding hydrogens is 236 g/mol. The first-order valence-corrected chi connectivity index (χ1v) is 8.03. The summed E-state index contributed by atoms with van der Waals surface area (Å²) in [5, 5.41) is 13.2. The van der Waals surface area contributed by atoms with Crippen molar-refractivity contribution in [2.24, 2.45) is 5.92 Å². The third kappa shape index (κ3) is 5.80. The van der Waals surface area contributed by atoms with Crippen LogP contribution in [0.15, 0.2) is 0 Å². The number of hydrogen-bond acceptors (Lipinski definition) is 3. The summed E-state index contributed by atoms with van der Waals surface area (Å²) in [5.41, 5.74) is -0.139. The van der Waals surface area contributed by atoms with Gasteiger partial charge >= 0.3 is 0 Å². The van der Waals surface area contributed by atoms with Gasteiger partial charge in [0.2, 0.25) is 0 Å². The fourth-order valence-corrected chi connectivity index (χ4v) is 2.91. The smallest absolute Gasteiger partial charge is 0.0611 e. The van der Waals surface area contributed by atoms with Crippen molar-refractivity contribution in [1.29, 1.82) is 0 Å². The SMILES string of the molecule is CCCNC(C)(CO)CC(C)N(CC(C)C)C1CC1. The van der Waals surface area contributed by atoms with Gasteiger partial charge in [0, 0.05) is 24.2 Å². The van der Waals surface area contributed by atoms with Crippen LogP contribution in [0.2, 0.25) is 0 Å². The molecule has 1 aliphatic rings. The van der Waals surface area contributed by atoms with Gasteiger partial charge in [-0.1, -0.05) is 20.8 Å². The number of rotatable bonds is 10. The summed E-state index contributed by atoms with van der Waals surface area (Å²) in [5.74, 6) is 0.715. The molecule has 114 valence electrons. The number of nitrogens with one attached hydrogen (secondary N) is 1. The highest BCUT2D eigenvalue weighted by atomic mass is 16.3. The topological polar surface area (TPSA) is 35.5 Å². The van der Waals surface area contributed by atoms with Crippen molar-refractivity contribution < 1.29 is 5.11 Å². The van der Waals surface area contributed by atoms with Gasteiger partial charge in [-0.05, 0) is 52.0 Å². The monoisotopic (exact) mass is 270 g/mol. The molecule has 2 N–H and O–H groups in total. The van der Waals surface area contributed by atoms with E-state index in [1.165, 1.54) is 19.4 Å². The van der Waals surface area contributed by atoms with E-state index in [1.807, 2.05) is 0 Å². The first-order valence-electron chi connectivity index (χ1n) is 8.03. The molecule has 2 unspecified atom stereocenters. The van der Waals surface area contributed by atoms with Gasteiger partial charge in [-0.3, -0.25) is 4.90 Å². The molecule has 1 aliphatic carbocycles. The minimum Gasteiger partial charge on any atom is -0.394 e. The van der Waals surface area contributed by atoms with Crippen LogP contribution in [0.25, 0.3) is 0 Å². The van der Waals surface area contributed by atoms with Crippen molar-refractivity contribution in [3.8, 4) is 0 Å². The first kappa shape index (κ1) is 16.9. The van der Waals surface area contributed by atoms with Gasteiger partial charge in [-0.2, -0.15) is 0 Å². The molecule has 0 aromatic heterocycles. The molecular formula is C16H34N2O. The average molecular weight is 270 g/mol. The number of aliphatic hydroxyl groups excluding tert-OH is 1. The highest BCUT2D eigenvalue weighted by molar-refractivity contribution is 4.93. The molecule has 2 atom stereocenters. The van der Waals surface area contributed by atoms with Gasteiger partial charge in [0.15, 0.2) is 0 Å². The van der Waals surface area contributed by atoms with E-state index in [0.717, 1.165) is 25.4 Å². The van der Waals surface area contributed by atoms with Gasteiger partial charge < -0.3 is 10.4 Å². The maximum atomic E-state index is 9.70. The zero-order chi connectivity index (χ0) is 14.5. The van der Waals surface area contributed by atoms with Crippen molar-refractivity contribution in [3.05, 3.63) is 0 Å². The van der Waals surface area contributed by atoms with Crippen molar-refractivity contribution in [3.63, 3.8) is 0 Å². The minimum absolute atomic E-state index is 0.139. The molecule has 1 rings (SSSR count). The highest BCUT2D eigenvalue weighted by Gasteiger charge is 2.35. The number of nitrogens with zero attached hydrogens (tertiary/aromatic N) is 1. The Kier molecular flexibility index (Phi) is 6.78. The maximum absolute atomic E-state index is 9.70. The second kappa shape index (κ2) is 7.61. The lowest BCUT2D eigenvalue weighted by atomic mass is 9.93. The fourth-order valence-electron chi connectivity index (χ4n) is 2.91. The third-order valence-corrected chi connectivity index (χ3v) is 4.05. The molecule has 3 nitrogen and oxygen atoms in total. The predicted molar refractivity (Wildman–Crippen MR) is 82.4 cm³/mol. The molecule has 1 fully saturated rings. The van der Waals surface area contributed by atoms with Gasteiger partial charge in [-0.25, -0.2) is 0 Å². The second-order valence-corrected chi connectivity index (χ2v) is 7.02. The lowest BCUT2D eigenvalue weighted by Crippen LogP contribution is -2.51. The number of aliphatic hydroxyl groups is 1. The molecule has 0 aliphatic heterocycles. The van der Waals surface area contributed by atoms with E-state index in [9.17, 15) is 5.11 Å². The van der Waals surface area contributed by atoms with Crippen molar-refractivity contribution in [2.45, 2.75) is 77.9 Å². The summed E-state index contributed by atoms with van der Waals surface area (Å²) < 4.78 is 0. The lowest BCUT2D eigenvalue weighted by molar-refractivity contribution is 0.103. The van der Waals surface area contributed by atoms with Crippen LogP contribution >= 0.6 is 0 Å². The molecule has 0 aromatic carbocycles. The Balaban J connectivity index is 2.55. The van der Waals surface area contributed by atoms with Gasteiger partial charge in [0.25, 0.3) is 0 Å². The van der Waals surface area contributed by atoms with Crippen LogP contribution in [0.5, 0.6) is 0 Å². The Morgan fingerprint density at radius 3 is 2.37 bits per heavy atom. The zero-order valence-electron chi connectivity index (χ0n) is 13.6. The second-order valence-electron chi connectivity index (χ2n) is 7.02. The number of hydrogen-bond donors (Lipinski definition) is 2. The van der Waals surface area contributed by atoms with Crippen LogP contribution in [-0.2, 0) is 0 Å². The molecule has 0 radical (unpaired) electrons. The van der Waals surface area contributed by atoms with Gasteiger partial charge in [0.1, 0.15) is 0 Å². The molecule has 3 heteroatoms. The molecule has 0 heterocycles. The Bertz CT molecular complexity index is 253. The summed E-state index contributed by atoms with van der Waals surface area (Å²) in [6, 6.07) is 1.34. The summed E-state index contributed by atoms with van der Waals surface area (Å²) in [7, 11) is 0. The highest BCUT2D eigenvalue weighted by Crippen LogP contribution is 2.31. The van der Waals surface area contributed by atoms with Crippen LogP contribution in [-0.4, -0.2) is 47.3 Å². The van der Waals surface area contributed by atoms with Crippen LogP contribution < -0.4 is 5.32 Å². The predicted octanol–water partition coefficient (Wildman–Crippen LogP) is 2.64. The van der Waals surface area contributed by atoms with Crippen LogP contribution in [0.4, 0.5) is 0 Å². The van der Waals surface area contributed by atoms with E-state index < -0.39 is 0 Å². The quantitative estimate of drug-likeness (QED) is 0.640. The summed E-state index contributed by atoms with van der Waals surface area (Å²) in [6.07, 6.45) is 4.85. The molecule has 0 bridgehead atoms.